The van der Waals surface area contributed by atoms with Gasteiger partial charge >= 0.3 is 5.97 Å². The maximum absolute atomic E-state index is 11.4. The number of halogens is 2. The Morgan fingerprint density at radius 1 is 1.50 bits per heavy atom. The first-order chi connectivity index (χ1) is 8.54. The quantitative estimate of drug-likeness (QED) is 0.893. The van der Waals surface area contributed by atoms with E-state index >= 15 is 0 Å². The Bertz CT molecular complexity index is 604. The molecule has 2 rings (SSSR count). The first-order valence-electron chi connectivity index (χ1n) is 5.35. The van der Waals surface area contributed by atoms with E-state index in [1.807, 2.05) is 6.92 Å². The zero-order valence-electron chi connectivity index (χ0n) is 9.54. The lowest BCUT2D eigenvalue weighted by Crippen LogP contribution is -2.00. The van der Waals surface area contributed by atoms with Crippen LogP contribution >= 0.6 is 27.5 Å². The van der Waals surface area contributed by atoms with E-state index in [1.165, 1.54) is 0 Å². The van der Waals surface area contributed by atoms with E-state index in [-0.39, 0.29) is 5.56 Å². The normalized spacial score (nSPS) is 10.6. The van der Waals surface area contributed by atoms with E-state index in [4.69, 9.17) is 16.0 Å². The van der Waals surface area contributed by atoms with Crippen LogP contribution in [0.15, 0.2) is 33.4 Å². The van der Waals surface area contributed by atoms with Crippen LogP contribution in [0.25, 0.3) is 11.3 Å². The molecule has 0 aliphatic carbocycles. The van der Waals surface area contributed by atoms with Gasteiger partial charge in [0.1, 0.15) is 11.3 Å². The fourth-order valence-electron chi connectivity index (χ4n) is 1.81. The Hall–Kier alpha value is -1.26. The summed E-state index contributed by atoms with van der Waals surface area (Å²) in [4.78, 5) is 11.4. The number of aromatic carboxylic acids is 1. The molecule has 3 nitrogen and oxygen atoms in total. The highest BCUT2D eigenvalue weighted by Gasteiger charge is 2.24. The maximum Gasteiger partial charge on any atom is 0.339 e. The summed E-state index contributed by atoms with van der Waals surface area (Å²) >= 11 is 9.16. The lowest BCUT2D eigenvalue weighted by molar-refractivity contribution is 0.0696. The van der Waals surface area contributed by atoms with E-state index < -0.39 is 5.97 Å². The van der Waals surface area contributed by atoms with Gasteiger partial charge in [0.15, 0.2) is 4.67 Å². The molecule has 0 saturated heterocycles. The van der Waals surface area contributed by atoms with Gasteiger partial charge in [0.05, 0.1) is 0 Å². The SMILES string of the molecule is CCc1c(Br)oc(-c2cccc(Cl)c2)c1C(=O)O. The Morgan fingerprint density at radius 2 is 2.22 bits per heavy atom. The predicted octanol–water partition coefficient (Wildman–Crippen LogP) is 4.62. The van der Waals surface area contributed by atoms with E-state index in [1.54, 1.807) is 24.3 Å². The van der Waals surface area contributed by atoms with Crippen molar-refractivity contribution in [2.45, 2.75) is 13.3 Å². The summed E-state index contributed by atoms with van der Waals surface area (Å²) in [5.41, 5.74) is 1.49. The molecule has 0 amide bonds. The van der Waals surface area contributed by atoms with Gasteiger partial charge in [-0.2, -0.15) is 0 Å². The highest BCUT2D eigenvalue weighted by atomic mass is 79.9. The third-order valence-corrected chi connectivity index (χ3v) is 3.49. The minimum atomic E-state index is -1.00. The summed E-state index contributed by atoms with van der Waals surface area (Å²) in [5, 5.41) is 9.84. The van der Waals surface area contributed by atoms with Gasteiger partial charge in [-0.15, -0.1) is 0 Å². The molecular formula is C13H10BrClO3. The summed E-state index contributed by atoms with van der Waals surface area (Å²) in [6.07, 6.45) is 0.576. The van der Waals surface area contributed by atoms with Crippen molar-refractivity contribution in [3.05, 3.63) is 45.1 Å². The van der Waals surface area contributed by atoms with Crippen molar-refractivity contribution >= 4 is 33.5 Å². The van der Waals surface area contributed by atoms with E-state index in [9.17, 15) is 9.90 Å². The number of carboxylic acid groups (broad SMARTS) is 1. The summed E-state index contributed by atoms with van der Waals surface area (Å²) < 4.78 is 5.97. The van der Waals surface area contributed by atoms with Crippen LogP contribution in [0, 0.1) is 0 Å². The molecule has 0 radical (unpaired) electrons. The zero-order valence-corrected chi connectivity index (χ0v) is 11.9. The monoisotopic (exact) mass is 328 g/mol. The molecule has 0 spiro atoms. The largest absolute Gasteiger partial charge is 0.478 e. The van der Waals surface area contributed by atoms with Crippen LogP contribution in [0.4, 0.5) is 0 Å². The highest BCUT2D eigenvalue weighted by Crippen LogP contribution is 2.35. The van der Waals surface area contributed by atoms with Gasteiger partial charge in [-0.3, -0.25) is 0 Å². The Morgan fingerprint density at radius 3 is 2.78 bits per heavy atom. The van der Waals surface area contributed by atoms with Crippen LogP contribution in [0.2, 0.25) is 5.02 Å². The summed E-state index contributed by atoms with van der Waals surface area (Å²) in [7, 11) is 0. The predicted molar refractivity (Wildman–Crippen MR) is 73.2 cm³/mol. The van der Waals surface area contributed by atoms with Crippen molar-refractivity contribution < 1.29 is 14.3 Å². The Labute approximate surface area is 118 Å². The van der Waals surface area contributed by atoms with Crippen LogP contribution in [-0.4, -0.2) is 11.1 Å². The van der Waals surface area contributed by atoms with Gasteiger partial charge in [0.25, 0.3) is 0 Å². The molecule has 0 fully saturated rings. The first kappa shape index (κ1) is 13.2. The Balaban J connectivity index is 2.68. The van der Waals surface area contributed by atoms with E-state index in [2.05, 4.69) is 15.9 Å². The minimum absolute atomic E-state index is 0.187. The van der Waals surface area contributed by atoms with Crippen molar-refractivity contribution in [1.82, 2.24) is 0 Å². The Kier molecular flexibility index (Phi) is 3.78. The van der Waals surface area contributed by atoms with Gasteiger partial charge in [-0.05, 0) is 34.5 Å². The molecule has 0 bridgehead atoms. The molecule has 2 aromatic rings. The summed E-state index contributed by atoms with van der Waals surface area (Å²) in [5.74, 6) is -0.676. The molecule has 0 atom stereocenters. The molecule has 0 saturated carbocycles. The third-order valence-electron chi connectivity index (χ3n) is 2.61. The molecule has 5 heteroatoms. The molecule has 0 aliphatic heterocycles. The van der Waals surface area contributed by atoms with Gasteiger partial charge in [-0.1, -0.05) is 30.7 Å². The topological polar surface area (TPSA) is 50.4 Å². The lowest BCUT2D eigenvalue weighted by atomic mass is 10.0. The second kappa shape index (κ2) is 5.16. The van der Waals surface area contributed by atoms with E-state index in [0.717, 1.165) is 0 Å². The zero-order chi connectivity index (χ0) is 13.3. The smallest absolute Gasteiger partial charge is 0.339 e. The van der Waals surface area contributed by atoms with Crippen LogP contribution < -0.4 is 0 Å². The number of rotatable bonds is 3. The molecule has 1 aromatic heterocycles. The average Bonchev–Trinajstić information content (AvgIpc) is 2.66. The average molecular weight is 330 g/mol. The van der Waals surface area contributed by atoms with Crippen molar-refractivity contribution in [2.75, 3.05) is 0 Å². The third kappa shape index (κ3) is 2.31. The maximum atomic E-state index is 11.4. The number of hydrogen-bond donors (Lipinski definition) is 1. The van der Waals surface area contributed by atoms with Crippen molar-refractivity contribution in [3.8, 4) is 11.3 Å². The first-order valence-corrected chi connectivity index (χ1v) is 6.52. The number of hydrogen-bond acceptors (Lipinski definition) is 2. The molecule has 1 heterocycles. The number of carbonyl (C=O) groups is 1. The van der Waals surface area contributed by atoms with Crippen LogP contribution in [-0.2, 0) is 6.42 Å². The highest BCUT2D eigenvalue weighted by molar-refractivity contribution is 9.10. The van der Waals surface area contributed by atoms with Gasteiger partial charge < -0.3 is 9.52 Å². The van der Waals surface area contributed by atoms with Crippen LogP contribution in [0.5, 0.6) is 0 Å². The van der Waals surface area contributed by atoms with Gasteiger partial charge in [0, 0.05) is 16.1 Å². The second-order valence-electron chi connectivity index (χ2n) is 3.73. The second-order valence-corrected chi connectivity index (χ2v) is 4.88. The molecule has 1 N–H and O–H groups in total. The van der Waals surface area contributed by atoms with Crippen molar-refractivity contribution in [2.24, 2.45) is 0 Å². The summed E-state index contributed by atoms with van der Waals surface area (Å²) in [6, 6.07) is 6.93. The van der Waals surface area contributed by atoms with Crippen LogP contribution in [0.3, 0.4) is 0 Å². The fourth-order valence-corrected chi connectivity index (χ4v) is 2.64. The number of carboxylic acids is 1. The molecular weight excluding hydrogens is 319 g/mol. The van der Waals surface area contributed by atoms with Crippen LogP contribution in [0.1, 0.15) is 22.8 Å². The van der Waals surface area contributed by atoms with E-state index in [0.29, 0.717) is 33.0 Å². The minimum Gasteiger partial charge on any atom is -0.478 e. The number of furan rings is 1. The van der Waals surface area contributed by atoms with Crippen molar-refractivity contribution in [3.63, 3.8) is 0 Å². The summed E-state index contributed by atoms with van der Waals surface area (Å²) in [6.45, 7) is 1.88. The van der Waals surface area contributed by atoms with Crippen molar-refractivity contribution in [1.29, 1.82) is 0 Å². The standard InChI is InChI=1S/C13H10BrClO3/c1-2-9-10(13(16)17)11(18-12(9)14)7-4-3-5-8(15)6-7/h3-6H,2H2,1H3,(H,16,17). The lowest BCUT2D eigenvalue weighted by Gasteiger charge is -2.00. The van der Waals surface area contributed by atoms with Gasteiger partial charge in [0.2, 0.25) is 0 Å². The molecule has 1 aromatic carbocycles. The number of benzene rings is 1. The molecule has 18 heavy (non-hydrogen) atoms. The van der Waals surface area contributed by atoms with Gasteiger partial charge in [-0.25, -0.2) is 4.79 Å². The molecule has 0 unspecified atom stereocenters. The molecule has 94 valence electrons. The molecule has 0 aliphatic rings. The fraction of sp³-hybridized carbons (Fsp3) is 0.154.